The summed E-state index contributed by atoms with van der Waals surface area (Å²) < 4.78 is 0. The van der Waals surface area contributed by atoms with E-state index in [1.54, 1.807) is 6.92 Å². The summed E-state index contributed by atoms with van der Waals surface area (Å²) in [6.45, 7) is 3.35. The second-order valence-corrected chi connectivity index (χ2v) is 3.80. The largest absolute Gasteiger partial charge is 0.480 e. The third-order valence-electron chi connectivity index (χ3n) is 2.05. The SMILES string of the molecule is CCN(CC(=O)O)C(=O)NCCCN(C)C. The van der Waals surface area contributed by atoms with E-state index in [2.05, 4.69) is 5.32 Å². The first-order chi connectivity index (χ1) is 7.47. The maximum Gasteiger partial charge on any atom is 0.323 e. The highest BCUT2D eigenvalue weighted by molar-refractivity contribution is 5.79. The molecule has 0 heterocycles. The molecule has 0 spiro atoms. The minimum atomic E-state index is -0.995. The number of amides is 2. The van der Waals surface area contributed by atoms with Crippen LogP contribution < -0.4 is 5.32 Å². The average Bonchev–Trinajstić information content (AvgIpc) is 2.20. The number of carboxylic acid groups (broad SMARTS) is 1. The molecule has 0 rings (SSSR count). The van der Waals surface area contributed by atoms with Gasteiger partial charge in [-0.3, -0.25) is 4.79 Å². The van der Waals surface area contributed by atoms with Crippen LogP contribution in [0.2, 0.25) is 0 Å². The van der Waals surface area contributed by atoms with Gasteiger partial charge in [-0.2, -0.15) is 0 Å². The van der Waals surface area contributed by atoms with Crippen molar-refractivity contribution in [2.45, 2.75) is 13.3 Å². The first-order valence-corrected chi connectivity index (χ1v) is 5.36. The van der Waals surface area contributed by atoms with Gasteiger partial charge in [-0.25, -0.2) is 4.79 Å². The van der Waals surface area contributed by atoms with Crippen LogP contribution in [0.4, 0.5) is 4.79 Å². The predicted molar refractivity (Wildman–Crippen MR) is 61.5 cm³/mol. The van der Waals surface area contributed by atoms with E-state index in [0.29, 0.717) is 13.1 Å². The Morgan fingerprint density at radius 2 is 1.94 bits per heavy atom. The van der Waals surface area contributed by atoms with Crippen LogP contribution in [0, 0.1) is 0 Å². The normalized spacial score (nSPS) is 10.2. The summed E-state index contributed by atoms with van der Waals surface area (Å²) in [5.41, 5.74) is 0. The third-order valence-corrected chi connectivity index (χ3v) is 2.05. The number of nitrogens with zero attached hydrogens (tertiary/aromatic N) is 2. The molecule has 6 nitrogen and oxygen atoms in total. The number of carbonyl (C=O) groups excluding carboxylic acids is 1. The number of carboxylic acids is 1. The molecule has 0 aromatic heterocycles. The number of rotatable bonds is 7. The van der Waals surface area contributed by atoms with Crippen LogP contribution in [0.1, 0.15) is 13.3 Å². The molecule has 0 saturated carbocycles. The van der Waals surface area contributed by atoms with Crippen molar-refractivity contribution in [1.29, 1.82) is 0 Å². The van der Waals surface area contributed by atoms with Crippen molar-refractivity contribution >= 4 is 12.0 Å². The van der Waals surface area contributed by atoms with E-state index in [1.807, 2.05) is 19.0 Å². The zero-order valence-electron chi connectivity index (χ0n) is 10.2. The van der Waals surface area contributed by atoms with Crippen LogP contribution >= 0.6 is 0 Å². The lowest BCUT2D eigenvalue weighted by Gasteiger charge is -2.19. The number of hydrogen-bond donors (Lipinski definition) is 2. The molecule has 0 fully saturated rings. The van der Waals surface area contributed by atoms with Crippen molar-refractivity contribution < 1.29 is 14.7 Å². The third kappa shape index (κ3) is 7.05. The quantitative estimate of drug-likeness (QED) is 0.607. The van der Waals surface area contributed by atoms with Gasteiger partial charge in [0, 0.05) is 13.1 Å². The van der Waals surface area contributed by atoms with E-state index < -0.39 is 5.97 Å². The molecular weight excluding hydrogens is 210 g/mol. The number of hydrogen-bond acceptors (Lipinski definition) is 3. The topological polar surface area (TPSA) is 72.9 Å². The van der Waals surface area contributed by atoms with Gasteiger partial charge in [-0.1, -0.05) is 0 Å². The maximum absolute atomic E-state index is 11.5. The lowest BCUT2D eigenvalue weighted by Crippen LogP contribution is -2.43. The van der Waals surface area contributed by atoms with Crippen molar-refractivity contribution in [2.75, 3.05) is 40.3 Å². The minimum absolute atomic E-state index is 0.254. The van der Waals surface area contributed by atoms with Gasteiger partial charge in [-0.05, 0) is 34.0 Å². The summed E-state index contributed by atoms with van der Waals surface area (Å²) in [5, 5.41) is 11.3. The van der Waals surface area contributed by atoms with Crippen LogP contribution in [0.15, 0.2) is 0 Å². The van der Waals surface area contributed by atoms with E-state index >= 15 is 0 Å². The van der Waals surface area contributed by atoms with Crippen molar-refractivity contribution in [2.24, 2.45) is 0 Å². The summed E-state index contributed by atoms with van der Waals surface area (Å²) >= 11 is 0. The van der Waals surface area contributed by atoms with Gasteiger partial charge in [0.05, 0.1) is 0 Å². The zero-order chi connectivity index (χ0) is 12.6. The van der Waals surface area contributed by atoms with Gasteiger partial charge >= 0.3 is 12.0 Å². The molecular formula is C10H21N3O3. The van der Waals surface area contributed by atoms with Crippen molar-refractivity contribution in [3.63, 3.8) is 0 Å². The molecule has 0 aromatic carbocycles. The summed E-state index contributed by atoms with van der Waals surface area (Å²) in [6.07, 6.45) is 0.851. The van der Waals surface area contributed by atoms with Crippen LogP contribution in [0.25, 0.3) is 0 Å². The Balaban J connectivity index is 3.80. The van der Waals surface area contributed by atoms with Crippen molar-refractivity contribution in [3.8, 4) is 0 Å². The van der Waals surface area contributed by atoms with Gasteiger partial charge in [0.25, 0.3) is 0 Å². The van der Waals surface area contributed by atoms with Gasteiger partial charge in [0.1, 0.15) is 6.54 Å². The van der Waals surface area contributed by atoms with E-state index in [0.717, 1.165) is 13.0 Å². The molecule has 2 amide bonds. The highest BCUT2D eigenvalue weighted by atomic mass is 16.4. The highest BCUT2D eigenvalue weighted by Crippen LogP contribution is 1.90. The lowest BCUT2D eigenvalue weighted by atomic mass is 10.4. The predicted octanol–water partition coefficient (Wildman–Crippen LogP) is 0.0542. The molecule has 94 valence electrons. The number of nitrogens with one attached hydrogen (secondary N) is 1. The molecule has 2 N–H and O–H groups in total. The molecule has 0 bridgehead atoms. The Labute approximate surface area is 96.2 Å². The Bertz CT molecular complexity index is 231. The van der Waals surface area contributed by atoms with Gasteiger partial charge in [-0.15, -0.1) is 0 Å². The Hall–Kier alpha value is -1.30. The van der Waals surface area contributed by atoms with Gasteiger partial charge < -0.3 is 20.2 Å². The molecule has 0 aromatic rings. The zero-order valence-corrected chi connectivity index (χ0v) is 10.2. The van der Waals surface area contributed by atoms with Crippen LogP contribution in [0.3, 0.4) is 0 Å². The molecule has 0 radical (unpaired) electrons. The van der Waals surface area contributed by atoms with E-state index in [9.17, 15) is 9.59 Å². The maximum atomic E-state index is 11.5. The van der Waals surface area contributed by atoms with Crippen molar-refractivity contribution in [3.05, 3.63) is 0 Å². The van der Waals surface area contributed by atoms with E-state index in [4.69, 9.17) is 5.11 Å². The number of urea groups is 1. The lowest BCUT2D eigenvalue weighted by molar-refractivity contribution is -0.137. The molecule has 0 atom stereocenters. The molecule has 0 aliphatic heterocycles. The fourth-order valence-electron chi connectivity index (χ4n) is 1.19. The smallest absolute Gasteiger partial charge is 0.323 e. The minimum Gasteiger partial charge on any atom is -0.480 e. The second kappa shape index (κ2) is 7.92. The van der Waals surface area contributed by atoms with Crippen LogP contribution in [0.5, 0.6) is 0 Å². The fraction of sp³-hybridized carbons (Fsp3) is 0.800. The monoisotopic (exact) mass is 231 g/mol. The summed E-state index contributed by atoms with van der Waals surface area (Å²) in [5.74, 6) is -0.995. The molecule has 0 aliphatic rings. The Kier molecular flexibility index (Phi) is 7.28. The van der Waals surface area contributed by atoms with Gasteiger partial charge in [0.15, 0.2) is 0 Å². The Morgan fingerprint density at radius 1 is 1.31 bits per heavy atom. The Morgan fingerprint density at radius 3 is 2.38 bits per heavy atom. The standard InChI is InChI=1S/C10H21N3O3/c1-4-13(8-9(14)15)10(16)11-6-5-7-12(2)3/h4-8H2,1-3H3,(H,11,16)(H,14,15). The molecule has 0 saturated heterocycles. The summed E-state index contributed by atoms with van der Waals surface area (Å²) in [6, 6.07) is -0.316. The van der Waals surface area contributed by atoms with Crippen LogP contribution in [-0.4, -0.2) is 67.2 Å². The average molecular weight is 231 g/mol. The highest BCUT2D eigenvalue weighted by Gasteiger charge is 2.13. The molecule has 16 heavy (non-hydrogen) atoms. The first-order valence-electron chi connectivity index (χ1n) is 5.36. The van der Waals surface area contributed by atoms with Crippen LogP contribution in [-0.2, 0) is 4.79 Å². The van der Waals surface area contributed by atoms with Gasteiger partial charge in [0.2, 0.25) is 0 Å². The summed E-state index contributed by atoms with van der Waals surface area (Å²) in [7, 11) is 3.93. The van der Waals surface area contributed by atoms with E-state index in [1.165, 1.54) is 4.90 Å². The number of likely N-dealkylation sites (N-methyl/N-ethyl adjacent to an activating group) is 1. The number of aliphatic carboxylic acids is 1. The second-order valence-electron chi connectivity index (χ2n) is 3.80. The summed E-state index contributed by atoms with van der Waals surface area (Å²) in [4.78, 5) is 25.2. The fourth-order valence-corrected chi connectivity index (χ4v) is 1.19. The molecule has 0 aliphatic carbocycles. The number of carbonyl (C=O) groups is 2. The molecule has 0 unspecified atom stereocenters. The first kappa shape index (κ1) is 14.7. The van der Waals surface area contributed by atoms with Crippen molar-refractivity contribution in [1.82, 2.24) is 15.1 Å². The van der Waals surface area contributed by atoms with E-state index in [-0.39, 0.29) is 12.6 Å². The molecule has 6 heteroatoms.